The van der Waals surface area contributed by atoms with Crippen LogP contribution in [0, 0.1) is 5.82 Å². The number of aliphatic hydroxyl groups is 1. The standard InChI is InChI=1S/C16H22FNO2/c1-3-9-18(10-4-2)11-15(19)13-20-12-14-7-5-6-8-16(14)17/h3-8,15,19H,1-2,9-13H2/t15-/m1/s1. The van der Waals surface area contributed by atoms with E-state index in [9.17, 15) is 9.50 Å². The first kappa shape index (κ1) is 16.6. The number of benzene rings is 1. The maximum atomic E-state index is 13.4. The van der Waals surface area contributed by atoms with Gasteiger partial charge in [-0.2, -0.15) is 0 Å². The maximum Gasteiger partial charge on any atom is 0.128 e. The lowest BCUT2D eigenvalue weighted by Gasteiger charge is -2.22. The van der Waals surface area contributed by atoms with Gasteiger partial charge in [0, 0.05) is 25.2 Å². The third kappa shape index (κ3) is 6.10. The van der Waals surface area contributed by atoms with Gasteiger partial charge in [-0.3, -0.25) is 4.90 Å². The lowest BCUT2D eigenvalue weighted by molar-refractivity contribution is 0.0124. The molecule has 0 unspecified atom stereocenters. The molecule has 0 saturated carbocycles. The van der Waals surface area contributed by atoms with Gasteiger partial charge in [0.1, 0.15) is 5.82 Å². The first-order valence-electron chi connectivity index (χ1n) is 6.60. The monoisotopic (exact) mass is 279 g/mol. The zero-order valence-electron chi connectivity index (χ0n) is 11.7. The lowest BCUT2D eigenvalue weighted by atomic mass is 10.2. The summed E-state index contributed by atoms with van der Waals surface area (Å²) in [6.45, 7) is 9.49. The van der Waals surface area contributed by atoms with Crippen LogP contribution in [0.15, 0.2) is 49.6 Å². The molecule has 0 radical (unpaired) electrons. The van der Waals surface area contributed by atoms with E-state index in [1.54, 1.807) is 30.4 Å². The molecule has 20 heavy (non-hydrogen) atoms. The summed E-state index contributed by atoms with van der Waals surface area (Å²) in [6, 6.07) is 6.46. The van der Waals surface area contributed by atoms with Crippen LogP contribution in [-0.2, 0) is 11.3 Å². The Morgan fingerprint density at radius 1 is 1.25 bits per heavy atom. The van der Waals surface area contributed by atoms with E-state index in [2.05, 4.69) is 13.2 Å². The number of aliphatic hydroxyl groups excluding tert-OH is 1. The summed E-state index contributed by atoms with van der Waals surface area (Å²) < 4.78 is 18.7. The average molecular weight is 279 g/mol. The second-order valence-corrected chi connectivity index (χ2v) is 4.56. The van der Waals surface area contributed by atoms with Gasteiger partial charge in [0.05, 0.1) is 19.3 Å². The van der Waals surface area contributed by atoms with Crippen molar-refractivity contribution in [1.82, 2.24) is 4.90 Å². The van der Waals surface area contributed by atoms with Crippen LogP contribution in [0.3, 0.4) is 0 Å². The molecule has 0 aliphatic heterocycles. The molecule has 0 heterocycles. The molecule has 0 saturated heterocycles. The van der Waals surface area contributed by atoms with E-state index < -0.39 is 6.10 Å². The van der Waals surface area contributed by atoms with Crippen molar-refractivity contribution in [2.45, 2.75) is 12.7 Å². The van der Waals surface area contributed by atoms with E-state index in [0.29, 0.717) is 25.2 Å². The van der Waals surface area contributed by atoms with E-state index in [4.69, 9.17) is 4.74 Å². The van der Waals surface area contributed by atoms with Crippen LogP contribution < -0.4 is 0 Å². The quantitative estimate of drug-likeness (QED) is 0.667. The van der Waals surface area contributed by atoms with Crippen molar-refractivity contribution in [2.24, 2.45) is 0 Å². The minimum absolute atomic E-state index is 0.159. The van der Waals surface area contributed by atoms with Crippen LogP contribution in [-0.4, -0.2) is 42.4 Å². The second kappa shape index (κ2) is 9.42. The van der Waals surface area contributed by atoms with Crippen molar-refractivity contribution in [3.05, 3.63) is 61.0 Å². The minimum atomic E-state index is -0.623. The van der Waals surface area contributed by atoms with Crippen LogP contribution in [0.1, 0.15) is 5.56 Å². The predicted octanol–water partition coefficient (Wildman–Crippen LogP) is 2.38. The Bertz CT molecular complexity index is 413. The third-order valence-electron chi connectivity index (χ3n) is 2.77. The summed E-state index contributed by atoms with van der Waals surface area (Å²) in [5, 5.41) is 9.89. The van der Waals surface area contributed by atoms with Crippen molar-refractivity contribution in [1.29, 1.82) is 0 Å². The molecule has 0 spiro atoms. The number of halogens is 1. The summed E-state index contributed by atoms with van der Waals surface area (Å²) in [5.74, 6) is -0.290. The van der Waals surface area contributed by atoms with Gasteiger partial charge >= 0.3 is 0 Å². The van der Waals surface area contributed by atoms with Crippen LogP contribution in [0.25, 0.3) is 0 Å². The molecule has 0 aliphatic carbocycles. The van der Waals surface area contributed by atoms with E-state index in [0.717, 1.165) is 0 Å². The number of ether oxygens (including phenoxy) is 1. The zero-order chi connectivity index (χ0) is 14.8. The van der Waals surface area contributed by atoms with Gasteiger partial charge in [0.15, 0.2) is 0 Å². The Labute approximate surface area is 120 Å². The Balaban J connectivity index is 2.32. The van der Waals surface area contributed by atoms with Crippen molar-refractivity contribution in [3.63, 3.8) is 0 Å². The van der Waals surface area contributed by atoms with E-state index in [-0.39, 0.29) is 19.0 Å². The summed E-state index contributed by atoms with van der Waals surface area (Å²) >= 11 is 0. The molecule has 0 amide bonds. The Kier molecular flexibility index (Phi) is 7.80. The molecule has 0 bridgehead atoms. The summed E-state index contributed by atoms with van der Waals surface area (Å²) in [7, 11) is 0. The number of rotatable bonds is 10. The molecule has 1 N–H and O–H groups in total. The summed E-state index contributed by atoms with van der Waals surface area (Å²) in [4.78, 5) is 2.00. The third-order valence-corrected chi connectivity index (χ3v) is 2.77. The molecule has 4 heteroatoms. The Morgan fingerprint density at radius 2 is 1.90 bits per heavy atom. The summed E-state index contributed by atoms with van der Waals surface area (Å²) in [6.07, 6.45) is 2.93. The molecular formula is C16H22FNO2. The fourth-order valence-electron chi connectivity index (χ4n) is 1.86. The van der Waals surface area contributed by atoms with Gasteiger partial charge < -0.3 is 9.84 Å². The Morgan fingerprint density at radius 3 is 2.50 bits per heavy atom. The van der Waals surface area contributed by atoms with E-state index >= 15 is 0 Å². The van der Waals surface area contributed by atoms with Gasteiger partial charge in [0.25, 0.3) is 0 Å². The van der Waals surface area contributed by atoms with Crippen LogP contribution >= 0.6 is 0 Å². The minimum Gasteiger partial charge on any atom is -0.389 e. The number of nitrogens with zero attached hydrogens (tertiary/aromatic N) is 1. The highest BCUT2D eigenvalue weighted by Gasteiger charge is 2.10. The SMILES string of the molecule is C=CCN(CC=C)C[C@@H](O)COCc1ccccc1F. The lowest BCUT2D eigenvalue weighted by Crippen LogP contribution is -2.35. The fraction of sp³-hybridized carbons (Fsp3) is 0.375. The van der Waals surface area contributed by atoms with Crippen LogP contribution in [0.5, 0.6) is 0 Å². The van der Waals surface area contributed by atoms with Crippen molar-refractivity contribution < 1.29 is 14.2 Å². The topological polar surface area (TPSA) is 32.7 Å². The number of hydrogen-bond donors (Lipinski definition) is 1. The van der Waals surface area contributed by atoms with Gasteiger partial charge in [-0.1, -0.05) is 30.4 Å². The van der Waals surface area contributed by atoms with Crippen LogP contribution in [0.2, 0.25) is 0 Å². The van der Waals surface area contributed by atoms with Gasteiger partial charge in [-0.15, -0.1) is 13.2 Å². The molecule has 0 fully saturated rings. The largest absolute Gasteiger partial charge is 0.389 e. The smallest absolute Gasteiger partial charge is 0.128 e. The number of hydrogen-bond acceptors (Lipinski definition) is 3. The fourth-order valence-corrected chi connectivity index (χ4v) is 1.86. The predicted molar refractivity (Wildman–Crippen MR) is 78.9 cm³/mol. The Hall–Kier alpha value is -1.49. The highest BCUT2D eigenvalue weighted by molar-refractivity contribution is 5.16. The van der Waals surface area contributed by atoms with Gasteiger partial charge in [-0.05, 0) is 6.07 Å². The average Bonchev–Trinajstić information content (AvgIpc) is 2.41. The molecule has 0 aromatic heterocycles. The zero-order valence-corrected chi connectivity index (χ0v) is 11.7. The molecule has 1 aromatic rings. The van der Waals surface area contributed by atoms with Gasteiger partial charge in [0.2, 0.25) is 0 Å². The molecule has 0 aliphatic rings. The first-order valence-corrected chi connectivity index (χ1v) is 6.60. The first-order chi connectivity index (χ1) is 9.67. The van der Waals surface area contributed by atoms with Crippen molar-refractivity contribution >= 4 is 0 Å². The van der Waals surface area contributed by atoms with Crippen molar-refractivity contribution in [2.75, 3.05) is 26.2 Å². The van der Waals surface area contributed by atoms with Crippen LogP contribution in [0.4, 0.5) is 4.39 Å². The normalized spacial score (nSPS) is 12.3. The molecule has 110 valence electrons. The summed E-state index contributed by atoms with van der Waals surface area (Å²) in [5.41, 5.74) is 0.494. The highest BCUT2D eigenvalue weighted by atomic mass is 19.1. The highest BCUT2D eigenvalue weighted by Crippen LogP contribution is 2.08. The van der Waals surface area contributed by atoms with Crippen molar-refractivity contribution in [3.8, 4) is 0 Å². The molecule has 1 atom stereocenters. The molecule has 1 aromatic carbocycles. The van der Waals surface area contributed by atoms with E-state index in [1.807, 2.05) is 4.90 Å². The molecule has 3 nitrogen and oxygen atoms in total. The molecule has 1 rings (SSSR count). The molecular weight excluding hydrogens is 257 g/mol. The second-order valence-electron chi connectivity index (χ2n) is 4.56. The van der Waals surface area contributed by atoms with E-state index in [1.165, 1.54) is 6.07 Å². The maximum absolute atomic E-state index is 13.4. The van der Waals surface area contributed by atoms with Gasteiger partial charge in [-0.25, -0.2) is 4.39 Å².